The average molecular weight is 393 g/mol. The van der Waals surface area contributed by atoms with Gasteiger partial charge in [-0.3, -0.25) is 20.4 Å². The number of carbonyl (C=O) groups is 2. The standard InChI is InChI=1S/C22H36N2O4/c1-17(2)19(5)7-9-21(17,11-13(19)25)15(27)23-24-16(28)22-10-8-20(6,14(26)12-22)18(22,3)4/h13-14,25-26H,7-12H2,1-6H3,(H,23,27)(H,24,28)/t13-,14+,19-,20+,21+,22-. The molecule has 4 saturated carbocycles. The van der Waals surface area contributed by atoms with Gasteiger partial charge in [0.1, 0.15) is 0 Å². The summed E-state index contributed by atoms with van der Waals surface area (Å²) in [5.74, 6) is -0.390. The largest absolute Gasteiger partial charge is 0.393 e. The van der Waals surface area contributed by atoms with Gasteiger partial charge in [0.05, 0.1) is 23.0 Å². The summed E-state index contributed by atoms with van der Waals surface area (Å²) >= 11 is 0. The summed E-state index contributed by atoms with van der Waals surface area (Å²) in [7, 11) is 0. The lowest BCUT2D eigenvalue weighted by Crippen LogP contribution is -2.56. The Morgan fingerprint density at radius 1 is 0.679 bits per heavy atom. The molecule has 0 aromatic heterocycles. The number of rotatable bonds is 2. The van der Waals surface area contributed by atoms with Crippen LogP contribution >= 0.6 is 0 Å². The first kappa shape index (κ1) is 20.1. The Morgan fingerprint density at radius 2 is 1.00 bits per heavy atom. The highest BCUT2D eigenvalue weighted by molar-refractivity contribution is 5.90. The second kappa shape index (κ2) is 5.31. The molecular weight excluding hydrogens is 356 g/mol. The highest BCUT2D eigenvalue weighted by atomic mass is 16.3. The van der Waals surface area contributed by atoms with E-state index in [0.717, 1.165) is 25.7 Å². The molecule has 4 aliphatic carbocycles. The Bertz CT molecular complexity index is 687. The maximum Gasteiger partial charge on any atom is 0.245 e. The second-order valence-electron chi connectivity index (χ2n) is 11.6. The molecular formula is C22H36N2O4. The summed E-state index contributed by atoms with van der Waals surface area (Å²) in [4.78, 5) is 26.5. The van der Waals surface area contributed by atoms with Crippen molar-refractivity contribution in [3.63, 3.8) is 0 Å². The van der Waals surface area contributed by atoms with Crippen LogP contribution in [0, 0.1) is 32.5 Å². The fraction of sp³-hybridized carbons (Fsp3) is 0.909. The van der Waals surface area contributed by atoms with E-state index in [1.807, 2.05) is 0 Å². The SMILES string of the molecule is CC1(C)[C@]2(C(=O)NNC(=O)[C@]34CC[C@](C)([C@H](O)C3)C4(C)C)CC[C@@]1(C)[C@@H](O)C2. The molecule has 6 atom stereocenters. The summed E-state index contributed by atoms with van der Waals surface area (Å²) in [5, 5.41) is 21.2. The van der Waals surface area contributed by atoms with Crippen molar-refractivity contribution in [1.82, 2.24) is 10.9 Å². The highest BCUT2D eigenvalue weighted by Gasteiger charge is 2.73. The van der Waals surface area contributed by atoms with E-state index in [2.05, 4.69) is 52.4 Å². The predicted octanol–water partition coefficient (Wildman–Crippen LogP) is 2.29. The summed E-state index contributed by atoms with van der Waals surface area (Å²) < 4.78 is 0. The average Bonchev–Trinajstić information content (AvgIpc) is 3.07. The van der Waals surface area contributed by atoms with Gasteiger partial charge in [-0.1, -0.05) is 41.5 Å². The zero-order chi connectivity index (χ0) is 21.0. The van der Waals surface area contributed by atoms with Crippen molar-refractivity contribution in [3.05, 3.63) is 0 Å². The van der Waals surface area contributed by atoms with Gasteiger partial charge in [-0.25, -0.2) is 0 Å². The predicted molar refractivity (Wildman–Crippen MR) is 105 cm³/mol. The fourth-order valence-electron chi connectivity index (χ4n) is 7.61. The second-order valence-corrected chi connectivity index (χ2v) is 11.6. The molecule has 4 rings (SSSR count). The van der Waals surface area contributed by atoms with Gasteiger partial charge in [0.15, 0.2) is 0 Å². The van der Waals surface area contributed by atoms with Crippen LogP contribution in [0.25, 0.3) is 0 Å². The van der Waals surface area contributed by atoms with Crippen LogP contribution in [0.3, 0.4) is 0 Å². The molecule has 4 bridgehead atoms. The van der Waals surface area contributed by atoms with Crippen molar-refractivity contribution < 1.29 is 19.8 Å². The zero-order valence-electron chi connectivity index (χ0n) is 18.1. The lowest BCUT2D eigenvalue weighted by Gasteiger charge is -2.41. The third kappa shape index (κ3) is 1.83. The number of fused-ring (bicyclic) bond motifs is 4. The molecule has 0 aliphatic heterocycles. The maximum atomic E-state index is 13.3. The van der Waals surface area contributed by atoms with Crippen molar-refractivity contribution >= 4 is 11.8 Å². The molecule has 4 N–H and O–H groups in total. The van der Waals surface area contributed by atoms with Crippen LogP contribution in [0.2, 0.25) is 0 Å². The molecule has 6 nitrogen and oxygen atoms in total. The van der Waals surface area contributed by atoms with Gasteiger partial charge in [0.25, 0.3) is 0 Å². The van der Waals surface area contributed by atoms with Gasteiger partial charge in [0.2, 0.25) is 11.8 Å². The van der Waals surface area contributed by atoms with Gasteiger partial charge >= 0.3 is 0 Å². The van der Waals surface area contributed by atoms with Gasteiger partial charge in [0, 0.05) is 0 Å². The highest BCUT2D eigenvalue weighted by Crippen LogP contribution is 2.73. The number of hydrazine groups is 1. The van der Waals surface area contributed by atoms with Gasteiger partial charge in [-0.15, -0.1) is 0 Å². The van der Waals surface area contributed by atoms with Crippen molar-refractivity contribution in [2.75, 3.05) is 0 Å². The van der Waals surface area contributed by atoms with E-state index in [0.29, 0.717) is 12.8 Å². The molecule has 6 heteroatoms. The smallest absolute Gasteiger partial charge is 0.245 e. The van der Waals surface area contributed by atoms with Crippen LogP contribution in [0.1, 0.15) is 80.1 Å². The Labute approximate surface area is 167 Å². The number of hydrogen-bond acceptors (Lipinski definition) is 4. The van der Waals surface area contributed by atoms with Crippen molar-refractivity contribution in [2.45, 2.75) is 92.3 Å². The lowest BCUT2D eigenvalue weighted by molar-refractivity contribution is -0.145. The molecule has 0 radical (unpaired) electrons. The first-order valence-electron chi connectivity index (χ1n) is 10.7. The van der Waals surface area contributed by atoms with E-state index < -0.39 is 23.0 Å². The van der Waals surface area contributed by atoms with Crippen molar-refractivity contribution in [3.8, 4) is 0 Å². The molecule has 0 aromatic rings. The first-order valence-corrected chi connectivity index (χ1v) is 10.7. The van der Waals surface area contributed by atoms with E-state index in [4.69, 9.17) is 0 Å². The van der Waals surface area contributed by atoms with Crippen LogP contribution in [0.5, 0.6) is 0 Å². The Hall–Kier alpha value is -1.14. The van der Waals surface area contributed by atoms with Gasteiger partial charge in [-0.05, 0) is 60.2 Å². The summed E-state index contributed by atoms with van der Waals surface area (Å²) in [5.41, 5.74) is 2.87. The number of aliphatic hydroxyl groups is 2. The fourth-order valence-corrected chi connectivity index (χ4v) is 7.61. The lowest BCUT2D eigenvalue weighted by atomic mass is 9.64. The number of aliphatic hydroxyl groups excluding tert-OH is 2. The quantitative estimate of drug-likeness (QED) is 0.542. The van der Waals surface area contributed by atoms with Crippen LogP contribution in [0.15, 0.2) is 0 Å². The molecule has 0 aromatic carbocycles. The Kier molecular flexibility index (Phi) is 3.82. The van der Waals surface area contributed by atoms with Crippen LogP contribution in [0.4, 0.5) is 0 Å². The van der Waals surface area contributed by atoms with E-state index >= 15 is 0 Å². The van der Waals surface area contributed by atoms with Crippen molar-refractivity contribution in [1.29, 1.82) is 0 Å². The molecule has 4 fully saturated rings. The molecule has 28 heavy (non-hydrogen) atoms. The molecule has 158 valence electrons. The monoisotopic (exact) mass is 392 g/mol. The van der Waals surface area contributed by atoms with E-state index in [-0.39, 0.29) is 33.5 Å². The Morgan fingerprint density at radius 3 is 1.21 bits per heavy atom. The van der Waals surface area contributed by atoms with Crippen LogP contribution in [-0.4, -0.2) is 34.2 Å². The molecule has 2 amide bonds. The third-order valence-corrected chi connectivity index (χ3v) is 11.1. The summed E-state index contributed by atoms with van der Waals surface area (Å²) in [6.07, 6.45) is 2.93. The third-order valence-electron chi connectivity index (χ3n) is 11.1. The molecule has 0 heterocycles. The number of nitrogens with one attached hydrogen (secondary N) is 2. The Balaban J connectivity index is 1.52. The van der Waals surface area contributed by atoms with E-state index in [1.165, 1.54) is 0 Å². The zero-order valence-corrected chi connectivity index (χ0v) is 18.1. The topological polar surface area (TPSA) is 98.7 Å². The first-order chi connectivity index (χ1) is 12.7. The van der Waals surface area contributed by atoms with Gasteiger partial charge in [-0.2, -0.15) is 0 Å². The minimum Gasteiger partial charge on any atom is -0.393 e. The summed E-state index contributed by atoms with van der Waals surface area (Å²) in [6, 6.07) is 0. The van der Waals surface area contributed by atoms with Crippen LogP contribution < -0.4 is 10.9 Å². The minimum absolute atomic E-state index is 0.195. The van der Waals surface area contributed by atoms with E-state index in [9.17, 15) is 19.8 Å². The number of amides is 2. The number of carbonyl (C=O) groups excluding carboxylic acids is 2. The molecule has 0 unspecified atom stereocenters. The number of hydrogen-bond donors (Lipinski definition) is 4. The normalized spacial score (nSPS) is 50.0. The minimum atomic E-state index is -0.666. The van der Waals surface area contributed by atoms with Crippen molar-refractivity contribution in [2.24, 2.45) is 32.5 Å². The molecule has 0 saturated heterocycles. The van der Waals surface area contributed by atoms with Gasteiger partial charge < -0.3 is 10.2 Å². The van der Waals surface area contributed by atoms with E-state index in [1.54, 1.807) is 0 Å². The van der Waals surface area contributed by atoms with Crippen LogP contribution in [-0.2, 0) is 9.59 Å². The molecule has 4 aliphatic rings. The maximum absolute atomic E-state index is 13.3. The summed E-state index contributed by atoms with van der Waals surface area (Å²) in [6.45, 7) is 12.4. The molecule has 0 spiro atoms.